The second-order valence-electron chi connectivity index (χ2n) is 7.11. The van der Waals surface area contributed by atoms with Gasteiger partial charge in [-0.05, 0) is 49.9 Å². The van der Waals surface area contributed by atoms with Crippen LogP contribution in [0.3, 0.4) is 0 Å². The van der Waals surface area contributed by atoms with Crippen molar-refractivity contribution in [1.29, 1.82) is 0 Å². The van der Waals surface area contributed by atoms with E-state index in [2.05, 4.69) is 26.1 Å². The van der Waals surface area contributed by atoms with E-state index in [1.165, 1.54) is 19.3 Å². The molecular formula is C16H30N2O. The molecule has 1 N–H and O–H groups in total. The van der Waals surface area contributed by atoms with Gasteiger partial charge < -0.3 is 10.2 Å². The lowest BCUT2D eigenvalue weighted by Crippen LogP contribution is -2.48. The van der Waals surface area contributed by atoms with Gasteiger partial charge in [-0.1, -0.05) is 20.8 Å². The highest BCUT2D eigenvalue weighted by atomic mass is 16.2. The fourth-order valence-electron chi connectivity index (χ4n) is 4.41. The van der Waals surface area contributed by atoms with Gasteiger partial charge in [-0.2, -0.15) is 0 Å². The highest BCUT2D eigenvalue weighted by Gasteiger charge is 2.61. The van der Waals surface area contributed by atoms with Crippen molar-refractivity contribution in [2.45, 2.75) is 59.9 Å². The van der Waals surface area contributed by atoms with Gasteiger partial charge in [0.1, 0.15) is 0 Å². The molecule has 2 aliphatic carbocycles. The maximum absolute atomic E-state index is 12.1. The molecule has 0 radical (unpaired) electrons. The predicted octanol–water partition coefficient (Wildman–Crippen LogP) is 2.66. The van der Waals surface area contributed by atoms with E-state index in [1.54, 1.807) is 0 Å². The van der Waals surface area contributed by atoms with Crippen LogP contribution in [0.1, 0.15) is 53.9 Å². The number of hydrogen-bond acceptors (Lipinski definition) is 2. The molecule has 0 aromatic heterocycles. The number of rotatable bonds is 5. The Kier molecular flexibility index (Phi) is 3.97. The summed E-state index contributed by atoms with van der Waals surface area (Å²) >= 11 is 0. The first kappa shape index (κ1) is 14.8. The topological polar surface area (TPSA) is 32.3 Å². The lowest BCUT2D eigenvalue weighted by atomic mass is 9.69. The van der Waals surface area contributed by atoms with Crippen LogP contribution in [-0.4, -0.2) is 36.5 Å². The molecule has 0 aromatic rings. The zero-order valence-corrected chi connectivity index (χ0v) is 13.3. The van der Waals surface area contributed by atoms with Crippen molar-refractivity contribution in [2.24, 2.45) is 16.7 Å². The third-order valence-electron chi connectivity index (χ3n) is 6.41. The fraction of sp³-hybridized carbons (Fsp3) is 0.938. The van der Waals surface area contributed by atoms with Crippen LogP contribution < -0.4 is 5.32 Å². The average Bonchev–Trinajstić information content (AvgIpc) is 2.70. The quantitative estimate of drug-likeness (QED) is 0.829. The van der Waals surface area contributed by atoms with Gasteiger partial charge in [0.05, 0.1) is 6.54 Å². The minimum absolute atomic E-state index is 0.245. The SMILES string of the molecule is CCN(CC)C(=O)CNC1CC2CCC1(C)C2(C)C. The van der Waals surface area contributed by atoms with Crippen molar-refractivity contribution < 1.29 is 4.79 Å². The summed E-state index contributed by atoms with van der Waals surface area (Å²) in [5, 5.41) is 3.57. The van der Waals surface area contributed by atoms with Gasteiger partial charge >= 0.3 is 0 Å². The van der Waals surface area contributed by atoms with Gasteiger partial charge in [-0.3, -0.25) is 4.79 Å². The molecule has 2 bridgehead atoms. The van der Waals surface area contributed by atoms with Crippen LogP contribution in [0, 0.1) is 16.7 Å². The molecule has 2 rings (SSSR count). The molecule has 2 aliphatic rings. The average molecular weight is 266 g/mol. The van der Waals surface area contributed by atoms with E-state index in [-0.39, 0.29) is 5.91 Å². The summed E-state index contributed by atoms with van der Waals surface area (Å²) in [5.74, 6) is 1.08. The molecule has 0 aromatic carbocycles. The van der Waals surface area contributed by atoms with Gasteiger partial charge in [0.2, 0.25) is 5.91 Å². The number of likely N-dealkylation sites (N-methyl/N-ethyl adjacent to an activating group) is 1. The summed E-state index contributed by atoms with van der Waals surface area (Å²) in [7, 11) is 0. The molecule has 3 atom stereocenters. The van der Waals surface area contributed by atoms with Crippen LogP contribution in [0.15, 0.2) is 0 Å². The third-order valence-corrected chi connectivity index (χ3v) is 6.41. The highest BCUT2D eigenvalue weighted by Crippen LogP contribution is 2.65. The van der Waals surface area contributed by atoms with E-state index in [0.717, 1.165) is 19.0 Å². The third kappa shape index (κ3) is 2.20. The summed E-state index contributed by atoms with van der Waals surface area (Å²) < 4.78 is 0. The number of hydrogen-bond donors (Lipinski definition) is 1. The van der Waals surface area contributed by atoms with Gasteiger partial charge in [-0.25, -0.2) is 0 Å². The van der Waals surface area contributed by atoms with Crippen LogP contribution in [-0.2, 0) is 4.79 Å². The molecule has 1 amide bonds. The second-order valence-corrected chi connectivity index (χ2v) is 7.11. The van der Waals surface area contributed by atoms with E-state index in [0.29, 0.717) is 23.4 Å². The first-order chi connectivity index (χ1) is 8.86. The van der Waals surface area contributed by atoms with Gasteiger partial charge in [-0.15, -0.1) is 0 Å². The summed E-state index contributed by atoms with van der Waals surface area (Å²) in [4.78, 5) is 14.0. The van der Waals surface area contributed by atoms with Crippen LogP contribution in [0.25, 0.3) is 0 Å². The minimum atomic E-state index is 0.245. The molecule has 110 valence electrons. The molecule has 2 saturated carbocycles. The first-order valence-corrected chi connectivity index (χ1v) is 7.88. The number of nitrogens with zero attached hydrogens (tertiary/aromatic N) is 1. The van der Waals surface area contributed by atoms with Gasteiger partial charge in [0.15, 0.2) is 0 Å². The predicted molar refractivity (Wildman–Crippen MR) is 78.9 cm³/mol. The van der Waals surface area contributed by atoms with Crippen LogP contribution >= 0.6 is 0 Å². The monoisotopic (exact) mass is 266 g/mol. The Bertz CT molecular complexity index is 349. The van der Waals surface area contributed by atoms with E-state index in [1.807, 2.05) is 18.7 Å². The maximum atomic E-state index is 12.1. The molecule has 0 saturated heterocycles. The molecule has 3 unspecified atom stereocenters. The Morgan fingerprint density at radius 3 is 2.32 bits per heavy atom. The normalized spacial score (nSPS) is 35.6. The minimum Gasteiger partial charge on any atom is -0.342 e. The van der Waals surface area contributed by atoms with Gasteiger partial charge in [0.25, 0.3) is 0 Å². The van der Waals surface area contributed by atoms with Crippen molar-refractivity contribution in [1.82, 2.24) is 10.2 Å². The van der Waals surface area contributed by atoms with Crippen molar-refractivity contribution >= 4 is 5.91 Å². The Morgan fingerprint density at radius 2 is 1.89 bits per heavy atom. The van der Waals surface area contributed by atoms with Crippen molar-refractivity contribution in [3.63, 3.8) is 0 Å². The molecule has 19 heavy (non-hydrogen) atoms. The first-order valence-electron chi connectivity index (χ1n) is 7.88. The van der Waals surface area contributed by atoms with Crippen molar-refractivity contribution in [3.05, 3.63) is 0 Å². The van der Waals surface area contributed by atoms with Crippen LogP contribution in [0.5, 0.6) is 0 Å². The van der Waals surface area contributed by atoms with Crippen LogP contribution in [0.4, 0.5) is 0 Å². The Labute approximate surface area is 118 Å². The second kappa shape index (κ2) is 5.08. The largest absolute Gasteiger partial charge is 0.342 e. The van der Waals surface area contributed by atoms with E-state index in [9.17, 15) is 4.79 Å². The number of carbonyl (C=O) groups excluding carboxylic acids is 1. The molecule has 3 heteroatoms. The number of carbonyl (C=O) groups is 1. The van der Waals surface area contributed by atoms with Crippen molar-refractivity contribution in [3.8, 4) is 0 Å². The summed E-state index contributed by atoms with van der Waals surface area (Å²) in [5.41, 5.74) is 0.782. The Morgan fingerprint density at radius 1 is 1.26 bits per heavy atom. The highest BCUT2D eigenvalue weighted by molar-refractivity contribution is 5.78. The lowest BCUT2D eigenvalue weighted by Gasteiger charge is -2.39. The smallest absolute Gasteiger partial charge is 0.236 e. The number of nitrogens with one attached hydrogen (secondary N) is 1. The Balaban J connectivity index is 1.94. The van der Waals surface area contributed by atoms with E-state index in [4.69, 9.17) is 0 Å². The van der Waals surface area contributed by atoms with E-state index < -0.39 is 0 Å². The Hall–Kier alpha value is -0.570. The lowest BCUT2D eigenvalue weighted by molar-refractivity contribution is -0.130. The molecular weight excluding hydrogens is 236 g/mol. The fourth-order valence-corrected chi connectivity index (χ4v) is 4.41. The molecule has 3 nitrogen and oxygen atoms in total. The molecule has 2 fully saturated rings. The summed E-state index contributed by atoms with van der Waals surface area (Å²) in [6, 6.07) is 0.515. The maximum Gasteiger partial charge on any atom is 0.236 e. The number of amides is 1. The number of fused-ring (bicyclic) bond motifs is 2. The zero-order chi connectivity index (χ0) is 14.3. The van der Waals surface area contributed by atoms with Gasteiger partial charge in [0, 0.05) is 19.1 Å². The standard InChI is InChI=1S/C16H30N2O/c1-6-18(7-2)14(19)11-17-13-10-12-8-9-16(13,5)15(12,3)4/h12-13,17H,6-11H2,1-5H3. The molecule has 0 heterocycles. The summed E-state index contributed by atoms with van der Waals surface area (Å²) in [6.07, 6.45) is 3.92. The van der Waals surface area contributed by atoms with E-state index >= 15 is 0 Å². The van der Waals surface area contributed by atoms with Crippen molar-refractivity contribution in [2.75, 3.05) is 19.6 Å². The summed E-state index contributed by atoms with van der Waals surface area (Å²) in [6.45, 7) is 13.5. The molecule has 0 spiro atoms. The van der Waals surface area contributed by atoms with Crippen LogP contribution in [0.2, 0.25) is 0 Å². The zero-order valence-electron chi connectivity index (χ0n) is 13.3. The molecule has 0 aliphatic heterocycles.